The number of hydrogen-bond donors (Lipinski definition) is 1. The first-order chi connectivity index (χ1) is 13.1. The molecule has 1 heterocycles. The number of carbonyl (C=O) groups excluding carboxylic acids is 1. The Kier molecular flexibility index (Phi) is 7.82. The molecular weight excluding hydrogens is 420 g/mol. The van der Waals surface area contributed by atoms with Crippen molar-refractivity contribution in [2.45, 2.75) is 25.2 Å². The van der Waals surface area contributed by atoms with Gasteiger partial charge in [0.25, 0.3) is 10.0 Å². The van der Waals surface area contributed by atoms with Crippen LogP contribution < -0.4 is 4.72 Å². The minimum Gasteiger partial charge on any atom is -0.344 e. The summed E-state index contributed by atoms with van der Waals surface area (Å²) in [6.45, 7) is 6.05. The molecule has 1 amide bonds. The minimum atomic E-state index is -3.81. The largest absolute Gasteiger partial charge is 0.344 e. The van der Waals surface area contributed by atoms with Gasteiger partial charge in [-0.3, -0.25) is 9.52 Å². The van der Waals surface area contributed by atoms with Crippen molar-refractivity contribution in [2.75, 3.05) is 38.5 Å². The highest BCUT2D eigenvalue weighted by molar-refractivity contribution is 7.93. The van der Waals surface area contributed by atoms with Gasteiger partial charge < -0.3 is 9.80 Å². The summed E-state index contributed by atoms with van der Waals surface area (Å²) in [6, 6.07) is 4.71. The highest BCUT2D eigenvalue weighted by Crippen LogP contribution is 2.26. The van der Waals surface area contributed by atoms with Crippen LogP contribution in [0.2, 0.25) is 5.02 Å². The van der Waals surface area contributed by atoms with E-state index in [1.165, 1.54) is 6.07 Å². The Bertz CT molecular complexity index is 931. The summed E-state index contributed by atoms with van der Waals surface area (Å²) in [5, 5.41) is 2.28. The summed E-state index contributed by atoms with van der Waals surface area (Å²) in [6.07, 6.45) is 0.126. The number of nitrogens with one attached hydrogen (secondary N) is 1. The van der Waals surface area contributed by atoms with E-state index in [4.69, 9.17) is 11.6 Å². The quantitative estimate of drug-likeness (QED) is 0.643. The second-order valence-electron chi connectivity index (χ2n) is 6.50. The van der Waals surface area contributed by atoms with Crippen LogP contribution in [0.4, 0.5) is 5.13 Å². The molecule has 2 aromatic rings. The molecule has 1 aromatic heterocycles. The molecule has 0 unspecified atom stereocenters. The minimum absolute atomic E-state index is 0.0603. The van der Waals surface area contributed by atoms with E-state index in [0.29, 0.717) is 22.8 Å². The van der Waals surface area contributed by atoms with Gasteiger partial charge in [-0.2, -0.15) is 0 Å². The van der Waals surface area contributed by atoms with E-state index in [-0.39, 0.29) is 22.4 Å². The molecule has 0 spiro atoms. The first kappa shape index (κ1) is 22.6. The summed E-state index contributed by atoms with van der Waals surface area (Å²) in [7, 11) is -0.0540. The maximum Gasteiger partial charge on any atom is 0.263 e. The lowest BCUT2D eigenvalue weighted by molar-refractivity contribution is -0.129. The average molecular weight is 445 g/mol. The molecule has 2 rings (SSSR count). The Morgan fingerprint density at radius 3 is 2.68 bits per heavy atom. The first-order valence-corrected chi connectivity index (χ1v) is 11.5. The van der Waals surface area contributed by atoms with E-state index in [1.54, 1.807) is 36.4 Å². The SMILES string of the molecule is CCN(C)CCN(C)C(=O)Cc1csc(NS(=O)(=O)c2cccc(Cl)c2C)n1. The molecule has 0 aliphatic heterocycles. The number of halogens is 1. The topological polar surface area (TPSA) is 82.6 Å². The van der Waals surface area contributed by atoms with Crippen LogP contribution in [-0.4, -0.2) is 62.8 Å². The number of thiazole rings is 1. The number of benzene rings is 1. The van der Waals surface area contributed by atoms with E-state index < -0.39 is 10.0 Å². The fraction of sp³-hybridized carbons (Fsp3) is 0.444. The highest BCUT2D eigenvalue weighted by Gasteiger charge is 2.20. The van der Waals surface area contributed by atoms with Crippen molar-refractivity contribution < 1.29 is 13.2 Å². The Labute approximate surface area is 175 Å². The van der Waals surface area contributed by atoms with Gasteiger partial charge in [-0.25, -0.2) is 13.4 Å². The van der Waals surface area contributed by atoms with Gasteiger partial charge in [-0.05, 0) is 38.2 Å². The van der Waals surface area contributed by atoms with E-state index >= 15 is 0 Å². The molecule has 0 saturated carbocycles. The highest BCUT2D eigenvalue weighted by atomic mass is 35.5. The predicted molar refractivity (Wildman–Crippen MR) is 114 cm³/mol. The third-order valence-electron chi connectivity index (χ3n) is 4.40. The molecule has 0 aliphatic carbocycles. The fourth-order valence-electron chi connectivity index (χ4n) is 2.38. The van der Waals surface area contributed by atoms with Crippen LogP contribution >= 0.6 is 22.9 Å². The molecule has 0 bridgehead atoms. The molecule has 0 fully saturated rings. The Balaban J connectivity index is 2.02. The van der Waals surface area contributed by atoms with Crippen molar-refractivity contribution in [3.05, 3.63) is 39.9 Å². The fourth-order valence-corrected chi connectivity index (χ4v) is 4.84. The number of aromatic nitrogens is 1. The van der Waals surface area contributed by atoms with Crippen molar-refractivity contribution in [2.24, 2.45) is 0 Å². The Morgan fingerprint density at radius 2 is 2.00 bits per heavy atom. The third-order valence-corrected chi connectivity index (χ3v) is 7.22. The van der Waals surface area contributed by atoms with Crippen LogP contribution in [0.25, 0.3) is 0 Å². The van der Waals surface area contributed by atoms with Gasteiger partial charge in [0.15, 0.2) is 5.13 Å². The van der Waals surface area contributed by atoms with Gasteiger partial charge in [-0.1, -0.05) is 24.6 Å². The number of sulfonamides is 1. The summed E-state index contributed by atoms with van der Waals surface area (Å²) >= 11 is 7.16. The smallest absolute Gasteiger partial charge is 0.263 e. The molecule has 0 saturated heterocycles. The van der Waals surface area contributed by atoms with Gasteiger partial charge in [0.05, 0.1) is 17.0 Å². The van der Waals surface area contributed by atoms with Gasteiger partial charge >= 0.3 is 0 Å². The number of carbonyl (C=O) groups is 1. The molecule has 154 valence electrons. The monoisotopic (exact) mass is 444 g/mol. The Hall–Kier alpha value is -1.68. The van der Waals surface area contributed by atoms with Gasteiger partial charge in [0.1, 0.15) is 0 Å². The number of hydrogen-bond acceptors (Lipinski definition) is 6. The number of anilines is 1. The van der Waals surface area contributed by atoms with E-state index in [1.807, 2.05) is 7.05 Å². The zero-order valence-corrected chi connectivity index (χ0v) is 18.8. The molecule has 1 aromatic carbocycles. The summed E-state index contributed by atoms with van der Waals surface area (Å²) < 4.78 is 27.7. The Morgan fingerprint density at radius 1 is 1.29 bits per heavy atom. The van der Waals surface area contributed by atoms with E-state index in [9.17, 15) is 13.2 Å². The zero-order chi connectivity index (χ0) is 20.9. The first-order valence-electron chi connectivity index (χ1n) is 8.79. The maximum absolute atomic E-state index is 12.6. The van der Waals surface area contributed by atoms with E-state index in [2.05, 4.69) is 21.5 Å². The van der Waals surface area contributed by atoms with Crippen LogP contribution in [0.3, 0.4) is 0 Å². The standard InChI is InChI=1S/C18H25ClN4O3S2/c1-5-22(3)9-10-23(4)17(24)11-14-12-27-18(20-14)21-28(25,26)16-8-6-7-15(19)13(16)2/h6-8,12H,5,9-11H2,1-4H3,(H,20,21). The number of likely N-dealkylation sites (N-methyl/N-ethyl adjacent to an activating group) is 2. The molecule has 28 heavy (non-hydrogen) atoms. The number of rotatable bonds is 9. The van der Waals surface area contributed by atoms with Crippen LogP contribution in [0.1, 0.15) is 18.2 Å². The predicted octanol–water partition coefficient (Wildman–Crippen LogP) is 2.86. The normalized spacial score (nSPS) is 11.6. The van der Waals surface area contributed by atoms with Crippen LogP contribution in [-0.2, 0) is 21.2 Å². The maximum atomic E-state index is 12.6. The third kappa shape index (κ3) is 5.91. The van der Waals surface area contributed by atoms with Crippen molar-refractivity contribution in [3.63, 3.8) is 0 Å². The summed E-state index contributed by atoms with van der Waals surface area (Å²) in [5.41, 5.74) is 1.01. The molecule has 0 aliphatic rings. The van der Waals surface area contributed by atoms with Crippen molar-refractivity contribution >= 4 is 44.0 Å². The van der Waals surface area contributed by atoms with Gasteiger partial charge in [0, 0.05) is 30.5 Å². The average Bonchev–Trinajstić information content (AvgIpc) is 3.07. The molecule has 0 atom stereocenters. The molecule has 7 nitrogen and oxygen atoms in total. The summed E-state index contributed by atoms with van der Waals surface area (Å²) in [4.78, 5) is 20.5. The van der Waals surface area contributed by atoms with Crippen molar-refractivity contribution in [3.8, 4) is 0 Å². The van der Waals surface area contributed by atoms with Crippen molar-refractivity contribution in [1.82, 2.24) is 14.8 Å². The molecule has 0 radical (unpaired) electrons. The van der Waals surface area contributed by atoms with Crippen LogP contribution in [0, 0.1) is 6.92 Å². The molecule has 1 N–H and O–H groups in total. The van der Waals surface area contributed by atoms with E-state index in [0.717, 1.165) is 24.4 Å². The van der Waals surface area contributed by atoms with Crippen LogP contribution in [0.15, 0.2) is 28.5 Å². The second-order valence-corrected chi connectivity index (χ2v) is 9.42. The van der Waals surface area contributed by atoms with Crippen molar-refractivity contribution in [1.29, 1.82) is 0 Å². The van der Waals surface area contributed by atoms with Gasteiger partial charge in [-0.15, -0.1) is 11.3 Å². The van der Waals surface area contributed by atoms with Crippen LogP contribution in [0.5, 0.6) is 0 Å². The summed E-state index contributed by atoms with van der Waals surface area (Å²) in [5.74, 6) is -0.0603. The lowest BCUT2D eigenvalue weighted by Gasteiger charge is -2.20. The lowest BCUT2D eigenvalue weighted by Crippen LogP contribution is -2.35. The number of nitrogens with zero attached hydrogens (tertiary/aromatic N) is 3. The molecule has 10 heteroatoms. The number of amides is 1. The lowest BCUT2D eigenvalue weighted by atomic mass is 10.2. The molecular formula is C18H25ClN4O3S2. The zero-order valence-electron chi connectivity index (χ0n) is 16.4. The second kappa shape index (κ2) is 9.69. The van der Waals surface area contributed by atoms with Gasteiger partial charge in [0.2, 0.25) is 5.91 Å².